The number of hydrogen-bond donors (Lipinski definition) is 1. The van der Waals surface area contributed by atoms with Crippen LogP contribution in [0.25, 0.3) is 0 Å². The lowest BCUT2D eigenvalue weighted by Gasteiger charge is -2.21. The predicted molar refractivity (Wildman–Crippen MR) is 91.0 cm³/mol. The summed E-state index contributed by atoms with van der Waals surface area (Å²) < 4.78 is 5.84. The van der Waals surface area contributed by atoms with Crippen LogP contribution >= 0.6 is 0 Å². The Labute approximate surface area is 151 Å². The van der Waals surface area contributed by atoms with Gasteiger partial charge in [-0.3, -0.25) is 25.0 Å². The van der Waals surface area contributed by atoms with Crippen LogP contribution in [0.15, 0.2) is 47.5 Å². The Kier molecular flexibility index (Phi) is 5.98. The molecule has 11 heteroatoms. The van der Waals surface area contributed by atoms with Gasteiger partial charge in [-0.05, 0) is 12.5 Å². The average Bonchev–Trinajstić information content (AvgIpc) is 2.61. The quantitative estimate of drug-likeness (QED) is 0.430. The van der Waals surface area contributed by atoms with Crippen molar-refractivity contribution in [2.75, 3.05) is 0 Å². The summed E-state index contributed by atoms with van der Waals surface area (Å²) in [5.74, 6) is -0.971. The largest absolute Gasteiger partial charge is 0.459 e. The smallest absolute Gasteiger partial charge is 0.339 e. The van der Waals surface area contributed by atoms with E-state index >= 15 is 0 Å². The summed E-state index contributed by atoms with van der Waals surface area (Å²) in [7, 11) is 0. The maximum Gasteiger partial charge on any atom is 0.339 e. The first kappa shape index (κ1) is 19.7. The van der Waals surface area contributed by atoms with Crippen molar-refractivity contribution >= 4 is 17.3 Å². The SMILES string of the molecule is C[C@@H](O)[C@H](C(=O)OCc1ccccc1)n1cc([N+](=O)[O-])c(=O)c([N+](=O)[O-])c1. The molecule has 0 aliphatic carbocycles. The molecule has 27 heavy (non-hydrogen) atoms. The van der Waals surface area contributed by atoms with Gasteiger partial charge in [0.15, 0.2) is 6.04 Å². The van der Waals surface area contributed by atoms with Crippen LogP contribution in [-0.4, -0.2) is 31.6 Å². The fourth-order valence-corrected chi connectivity index (χ4v) is 2.37. The van der Waals surface area contributed by atoms with Gasteiger partial charge in [-0.25, -0.2) is 4.79 Å². The summed E-state index contributed by atoms with van der Waals surface area (Å²) in [5.41, 5.74) is -2.92. The Morgan fingerprint density at radius 3 is 2.11 bits per heavy atom. The number of aliphatic hydroxyl groups excluding tert-OH is 1. The van der Waals surface area contributed by atoms with Crippen LogP contribution in [0.2, 0.25) is 0 Å². The molecular formula is C16H15N3O8. The molecule has 0 bridgehead atoms. The first-order valence-corrected chi connectivity index (χ1v) is 7.65. The second-order valence-corrected chi connectivity index (χ2v) is 5.60. The lowest BCUT2D eigenvalue weighted by Crippen LogP contribution is -2.32. The summed E-state index contributed by atoms with van der Waals surface area (Å²) >= 11 is 0. The number of carbonyl (C=O) groups is 1. The molecule has 1 aromatic heterocycles. The van der Waals surface area contributed by atoms with E-state index in [4.69, 9.17) is 4.74 Å². The van der Waals surface area contributed by atoms with Gasteiger partial charge in [0.25, 0.3) is 0 Å². The molecule has 0 saturated heterocycles. The van der Waals surface area contributed by atoms with E-state index in [0.29, 0.717) is 18.0 Å². The van der Waals surface area contributed by atoms with E-state index in [1.54, 1.807) is 30.3 Å². The summed E-state index contributed by atoms with van der Waals surface area (Å²) in [6, 6.07) is 7.09. The van der Waals surface area contributed by atoms with Crippen LogP contribution < -0.4 is 5.43 Å². The molecule has 0 aliphatic rings. The molecule has 0 aliphatic heterocycles. The molecule has 2 aromatic rings. The fourth-order valence-electron chi connectivity index (χ4n) is 2.37. The Balaban J connectivity index is 2.40. The zero-order chi connectivity index (χ0) is 20.1. The van der Waals surface area contributed by atoms with E-state index in [1.165, 1.54) is 6.92 Å². The highest BCUT2D eigenvalue weighted by molar-refractivity contribution is 5.75. The number of aliphatic hydroxyl groups is 1. The van der Waals surface area contributed by atoms with Crippen LogP contribution in [-0.2, 0) is 16.1 Å². The summed E-state index contributed by atoms with van der Waals surface area (Å²) in [4.78, 5) is 44.0. The molecule has 142 valence electrons. The first-order valence-electron chi connectivity index (χ1n) is 7.65. The Hall–Kier alpha value is -3.60. The van der Waals surface area contributed by atoms with Crippen molar-refractivity contribution in [1.29, 1.82) is 0 Å². The van der Waals surface area contributed by atoms with Crippen molar-refractivity contribution in [3.8, 4) is 0 Å². The summed E-state index contributed by atoms with van der Waals surface area (Å²) in [6.07, 6.45) is -0.0810. The zero-order valence-electron chi connectivity index (χ0n) is 14.0. The third kappa shape index (κ3) is 4.52. The van der Waals surface area contributed by atoms with Gasteiger partial charge in [0.1, 0.15) is 6.61 Å². The highest BCUT2D eigenvalue weighted by Crippen LogP contribution is 2.20. The molecular weight excluding hydrogens is 362 g/mol. The number of hydrogen-bond acceptors (Lipinski definition) is 8. The molecule has 11 nitrogen and oxygen atoms in total. The third-order valence-electron chi connectivity index (χ3n) is 3.64. The standard InChI is InChI=1S/C16H15N3O8/c1-10(20)14(16(22)27-9-11-5-3-2-4-6-11)17-7-12(18(23)24)15(21)13(8-17)19(25)26/h2-8,10,14,20H,9H2,1H3/t10-,14-/m1/s1. The number of pyridine rings is 1. The van der Waals surface area contributed by atoms with Gasteiger partial charge in [0, 0.05) is 0 Å². The van der Waals surface area contributed by atoms with E-state index in [-0.39, 0.29) is 6.61 Å². The molecule has 0 unspecified atom stereocenters. The van der Waals surface area contributed by atoms with Crippen LogP contribution in [0.3, 0.4) is 0 Å². The fraction of sp³-hybridized carbons (Fsp3) is 0.250. The Bertz CT molecular complexity index is 885. The van der Waals surface area contributed by atoms with Gasteiger partial charge < -0.3 is 14.4 Å². The maximum absolute atomic E-state index is 12.4. The third-order valence-corrected chi connectivity index (χ3v) is 3.64. The minimum atomic E-state index is -1.52. The van der Waals surface area contributed by atoms with Crippen molar-refractivity contribution in [3.05, 3.63) is 78.7 Å². The van der Waals surface area contributed by atoms with Gasteiger partial charge in [-0.2, -0.15) is 0 Å². The molecule has 0 amide bonds. The lowest BCUT2D eigenvalue weighted by molar-refractivity contribution is -0.397. The normalized spacial score (nSPS) is 12.8. The van der Waals surface area contributed by atoms with Crippen LogP contribution in [0.1, 0.15) is 18.5 Å². The second kappa shape index (κ2) is 8.19. The molecule has 0 radical (unpaired) electrons. The van der Waals surface area contributed by atoms with Crippen molar-refractivity contribution in [2.24, 2.45) is 0 Å². The van der Waals surface area contributed by atoms with Gasteiger partial charge in [0.05, 0.1) is 28.3 Å². The number of esters is 1. The number of aromatic nitrogens is 1. The van der Waals surface area contributed by atoms with Crippen molar-refractivity contribution < 1.29 is 24.5 Å². The van der Waals surface area contributed by atoms with Crippen molar-refractivity contribution in [3.63, 3.8) is 0 Å². The van der Waals surface area contributed by atoms with Gasteiger partial charge in [-0.15, -0.1) is 0 Å². The summed E-state index contributed by atoms with van der Waals surface area (Å²) in [5, 5.41) is 31.9. The highest BCUT2D eigenvalue weighted by Gasteiger charge is 2.32. The molecule has 2 atom stereocenters. The molecule has 1 heterocycles. The number of carbonyl (C=O) groups excluding carboxylic acids is 1. The second-order valence-electron chi connectivity index (χ2n) is 5.60. The minimum Gasteiger partial charge on any atom is -0.459 e. The van der Waals surface area contributed by atoms with Gasteiger partial charge >= 0.3 is 22.8 Å². The number of nitro groups is 2. The number of benzene rings is 1. The Morgan fingerprint density at radius 2 is 1.67 bits per heavy atom. The maximum atomic E-state index is 12.4. The predicted octanol–water partition coefficient (Wildman–Crippen LogP) is 1.33. The molecule has 1 N–H and O–H groups in total. The number of rotatable bonds is 7. The minimum absolute atomic E-state index is 0.132. The topological polar surface area (TPSA) is 155 Å². The van der Waals surface area contributed by atoms with E-state index < -0.39 is 44.8 Å². The molecule has 0 saturated carbocycles. The van der Waals surface area contributed by atoms with Crippen LogP contribution in [0, 0.1) is 20.2 Å². The van der Waals surface area contributed by atoms with Crippen molar-refractivity contribution in [1.82, 2.24) is 4.57 Å². The highest BCUT2D eigenvalue weighted by atomic mass is 16.6. The molecule has 0 fully saturated rings. The van der Waals surface area contributed by atoms with Gasteiger partial charge in [-0.1, -0.05) is 30.3 Å². The molecule has 0 spiro atoms. The Morgan fingerprint density at radius 1 is 1.15 bits per heavy atom. The molecule has 1 aromatic carbocycles. The van der Waals surface area contributed by atoms with Crippen LogP contribution in [0.5, 0.6) is 0 Å². The number of ether oxygens (including phenoxy) is 1. The van der Waals surface area contributed by atoms with E-state index in [1.807, 2.05) is 0 Å². The zero-order valence-corrected chi connectivity index (χ0v) is 14.0. The van der Waals surface area contributed by atoms with Crippen molar-refractivity contribution in [2.45, 2.75) is 25.7 Å². The van der Waals surface area contributed by atoms with E-state index in [0.717, 1.165) is 4.57 Å². The van der Waals surface area contributed by atoms with E-state index in [9.17, 15) is 34.9 Å². The first-order chi connectivity index (χ1) is 12.7. The average molecular weight is 377 g/mol. The van der Waals surface area contributed by atoms with E-state index in [2.05, 4.69) is 0 Å². The monoisotopic (exact) mass is 377 g/mol. The van der Waals surface area contributed by atoms with Gasteiger partial charge in [0.2, 0.25) is 0 Å². The molecule has 2 rings (SSSR count). The number of nitrogens with zero attached hydrogens (tertiary/aromatic N) is 3. The van der Waals surface area contributed by atoms with Crippen LogP contribution in [0.4, 0.5) is 11.4 Å². The lowest BCUT2D eigenvalue weighted by atomic mass is 10.1. The summed E-state index contributed by atoms with van der Waals surface area (Å²) in [6.45, 7) is 1.08.